The summed E-state index contributed by atoms with van der Waals surface area (Å²) >= 11 is 3.11. The number of hydrogen-bond donors (Lipinski definition) is 0. The van der Waals surface area contributed by atoms with Crippen LogP contribution in [0.3, 0.4) is 0 Å². The molecule has 0 aromatic heterocycles. The molecule has 0 saturated carbocycles. The second kappa shape index (κ2) is 10.3. The Balaban J connectivity index is 2.47. The highest BCUT2D eigenvalue weighted by Gasteiger charge is 2.51. The van der Waals surface area contributed by atoms with Gasteiger partial charge in [0.05, 0.1) is 35.4 Å². The molecule has 1 atom stereocenters. The maximum Gasteiger partial charge on any atom is 0.417 e. The first-order valence-corrected chi connectivity index (χ1v) is 12.6. The lowest BCUT2D eigenvalue weighted by molar-refractivity contribution is -0.143. The normalized spacial score (nSPS) is 13.5. The molecule has 37 heavy (non-hydrogen) atoms. The van der Waals surface area contributed by atoms with E-state index in [4.69, 9.17) is 9.47 Å². The lowest BCUT2D eigenvalue weighted by atomic mass is 10.0. The van der Waals surface area contributed by atoms with Crippen LogP contribution in [0.15, 0.2) is 65.1 Å². The highest BCUT2D eigenvalue weighted by Crippen LogP contribution is 2.56. The van der Waals surface area contributed by atoms with Crippen LogP contribution in [0.25, 0.3) is 0 Å². The smallest absolute Gasteiger partial charge is 0.417 e. The zero-order valence-corrected chi connectivity index (χ0v) is 21.4. The molecule has 0 bridgehead atoms. The van der Waals surface area contributed by atoms with Crippen LogP contribution in [-0.2, 0) is 16.9 Å². The van der Waals surface area contributed by atoms with Gasteiger partial charge in [0.15, 0.2) is 0 Å². The van der Waals surface area contributed by atoms with Crippen molar-refractivity contribution >= 4 is 39.4 Å². The predicted molar refractivity (Wildman–Crippen MR) is 126 cm³/mol. The number of ether oxygens (including phenoxy) is 2. The van der Waals surface area contributed by atoms with Crippen molar-refractivity contribution in [1.82, 2.24) is 0 Å². The topological polar surface area (TPSA) is 69.7 Å². The third-order valence-electron chi connectivity index (χ3n) is 5.29. The molecule has 5 nitrogen and oxygen atoms in total. The zero-order chi connectivity index (χ0) is 27.8. The Bertz CT molecular complexity index is 1370. The van der Waals surface area contributed by atoms with Gasteiger partial charge in [0.25, 0.3) is 0 Å². The van der Waals surface area contributed by atoms with Crippen LogP contribution in [-0.4, -0.2) is 25.3 Å². The van der Waals surface area contributed by atoms with Gasteiger partial charge < -0.3 is 14.0 Å². The number of alkyl halides is 6. The van der Waals surface area contributed by atoms with E-state index < -0.39 is 58.1 Å². The molecule has 3 rings (SSSR count). The van der Waals surface area contributed by atoms with Crippen LogP contribution in [0, 0.1) is 0 Å². The number of halogens is 7. The maximum absolute atomic E-state index is 14.5. The third kappa shape index (κ3) is 5.17. The molecule has 13 heteroatoms. The van der Waals surface area contributed by atoms with Gasteiger partial charge in [-0.2, -0.15) is 26.3 Å². The predicted octanol–water partition coefficient (Wildman–Crippen LogP) is 7.17. The molecule has 196 valence electrons. The fourth-order valence-electron chi connectivity index (χ4n) is 3.65. The summed E-state index contributed by atoms with van der Waals surface area (Å²) in [7, 11) is -3.21. The van der Waals surface area contributed by atoms with E-state index in [0.717, 1.165) is 26.4 Å². The maximum atomic E-state index is 14.5. The molecule has 0 heterocycles. The minimum absolute atomic E-state index is 0.123. The third-order valence-corrected chi connectivity index (χ3v) is 8.53. The Morgan fingerprint density at radius 2 is 1.24 bits per heavy atom. The summed E-state index contributed by atoms with van der Waals surface area (Å²) in [5.74, 6) is -0.553. The zero-order valence-electron chi connectivity index (χ0n) is 18.9. The van der Waals surface area contributed by atoms with Crippen molar-refractivity contribution in [2.75, 3.05) is 14.2 Å². The fraction of sp³-hybridized carbons (Fsp3) is 0.167. The van der Waals surface area contributed by atoms with E-state index in [1.807, 2.05) is 0 Å². The number of carbonyl (C=O) groups excluding carboxylic acids is 2. The molecule has 0 fully saturated rings. The van der Waals surface area contributed by atoms with E-state index in [9.17, 15) is 40.5 Å². The first-order chi connectivity index (χ1) is 17.2. The van der Waals surface area contributed by atoms with Crippen molar-refractivity contribution in [3.8, 4) is 11.5 Å². The van der Waals surface area contributed by atoms with Crippen molar-refractivity contribution in [2.45, 2.75) is 12.4 Å². The van der Waals surface area contributed by atoms with Gasteiger partial charge in [-0.15, -0.1) is 0 Å². The minimum atomic E-state index is -5.45. The first kappa shape index (κ1) is 28.5. The highest BCUT2D eigenvalue weighted by molar-refractivity contribution is 9.10. The largest absolute Gasteiger partial charge is 0.496 e. The van der Waals surface area contributed by atoms with Crippen LogP contribution in [0.4, 0.5) is 26.3 Å². The standard InChI is InChI=1S/C24H16BrF6O5P/c1-35-17-12-11-16(25)20(36-2)19(17)22(33)37(34,13-7-4-3-5-8-13)21(32)18-14(23(26,27)28)9-6-10-15(18)24(29,30)31/h3-12H,1-2H3. The monoisotopic (exact) mass is 608 g/mol. The lowest BCUT2D eigenvalue weighted by Gasteiger charge is -2.23. The van der Waals surface area contributed by atoms with Gasteiger partial charge in [0, 0.05) is 5.30 Å². The molecule has 1 unspecified atom stereocenters. The molecular weight excluding hydrogens is 593 g/mol. The molecular formula is C24H16BrF6O5P. The van der Waals surface area contributed by atoms with E-state index in [-0.39, 0.29) is 28.1 Å². The molecule has 0 saturated heterocycles. The Kier molecular flexibility index (Phi) is 7.95. The molecule has 0 aliphatic carbocycles. The van der Waals surface area contributed by atoms with Gasteiger partial charge in [0.2, 0.25) is 18.2 Å². The van der Waals surface area contributed by atoms with Crippen molar-refractivity contribution in [3.05, 3.63) is 87.4 Å². The van der Waals surface area contributed by atoms with Crippen molar-refractivity contribution in [3.63, 3.8) is 0 Å². The molecule has 0 aliphatic rings. The summed E-state index contributed by atoms with van der Waals surface area (Å²) < 4.78 is 108. The number of methoxy groups -OCH3 is 2. The van der Waals surface area contributed by atoms with E-state index >= 15 is 0 Å². The van der Waals surface area contributed by atoms with Gasteiger partial charge in [-0.3, -0.25) is 9.59 Å². The SMILES string of the molecule is COc1ccc(Br)c(OC)c1C(=O)P(=O)(C(=O)c1c(C(F)(F)F)cccc1C(F)(F)F)c1ccccc1. The van der Waals surface area contributed by atoms with Crippen LogP contribution in [0.2, 0.25) is 0 Å². The van der Waals surface area contributed by atoms with E-state index in [1.165, 1.54) is 30.3 Å². The van der Waals surface area contributed by atoms with Crippen molar-refractivity contribution in [1.29, 1.82) is 0 Å². The number of carbonyl (C=O) groups is 2. The van der Waals surface area contributed by atoms with Gasteiger partial charge in [-0.25, -0.2) is 0 Å². The molecule has 0 N–H and O–H groups in total. The van der Waals surface area contributed by atoms with Crippen LogP contribution in [0.5, 0.6) is 11.5 Å². The van der Waals surface area contributed by atoms with E-state index in [1.54, 1.807) is 0 Å². The van der Waals surface area contributed by atoms with E-state index in [0.29, 0.717) is 6.07 Å². The average molecular weight is 609 g/mol. The quantitative estimate of drug-likeness (QED) is 0.210. The average Bonchev–Trinajstić information content (AvgIpc) is 2.86. The molecule has 0 spiro atoms. The first-order valence-electron chi connectivity index (χ1n) is 10.1. The molecule has 0 aliphatic heterocycles. The van der Waals surface area contributed by atoms with Crippen LogP contribution >= 0.6 is 23.1 Å². The second-order valence-corrected chi connectivity index (χ2v) is 10.8. The fourth-order valence-corrected chi connectivity index (χ4v) is 6.47. The Labute approximate surface area is 214 Å². The number of benzene rings is 3. The highest BCUT2D eigenvalue weighted by atomic mass is 79.9. The lowest BCUT2D eigenvalue weighted by Crippen LogP contribution is -2.26. The molecule has 3 aromatic carbocycles. The summed E-state index contributed by atoms with van der Waals surface area (Å²) in [4.78, 5) is 27.6. The van der Waals surface area contributed by atoms with Gasteiger partial charge >= 0.3 is 12.4 Å². The summed E-state index contributed by atoms with van der Waals surface area (Å²) in [6.45, 7) is 0. The molecule has 0 radical (unpaired) electrons. The summed E-state index contributed by atoms with van der Waals surface area (Å²) in [6.07, 6.45) is -10.9. The molecule has 3 aromatic rings. The summed E-state index contributed by atoms with van der Waals surface area (Å²) in [5, 5.41) is -0.570. The van der Waals surface area contributed by atoms with Gasteiger partial charge in [-0.05, 0) is 40.2 Å². The Morgan fingerprint density at radius 3 is 1.70 bits per heavy atom. The number of hydrogen-bond acceptors (Lipinski definition) is 5. The Hall–Kier alpha value is -3.11. The summed E-state index contributed by atoms with van der Waals surface area (Å²) in [6, 6.07) is 9.47. The minimum Gasteiger partial charge on any atom is -0.496 e. The summed E-state index contributed by atoms with van der Waals surface area (Å²) in [5.41, 5.74) is -10.2. The van der Waals surface area contributed by atoms with Crippen LogP contribution in [0.1, 0.15) is 31.8 Å². The van der Waals surface area contributed by atoms with Gasteiger partial charge in [0.1, 0.15) is 17.1 Å². The van der Waals surface area contributed by atoms with Gasteiger partial charge in [-0.1, -0.05) is 36.4 Å². The van der Waals surface area contributed by atoms with Crippen molar-refractivity contribution in [2.24, 2.45) is 0 Å². The van der Waals surface area contributed by atoms with Crippen LogP contribution < -0.4 is 14.8 Å². The van der Waals surface area contributed by atoms with Crippen molar-refractivity contribution < 1.29 is 50.0 Å². The van der Waals surface area contributed by atoms with E-state index in [2.05, 4.69) is 15.9 Å². The molecule has 0 amide bonds. The second-order valence-electron chi connectivity index (χ2n) is 7.44. The number of rotatable bonds is 7. The Morgan fingerprint density at radius 1 is 0.730 bits per heavy atom.